The second-order valence-electron chi connectivity index (χ2n) is 5.48. The average molecular weight is 247 g/mol. The molecule has 1 heterocycles. The van der Waals surface area contributed by atoms with Crippen molar-refractivity contribution in [2.24, 2.45) is 5.73 Å². The smallest absolute Gasteiger partial charge is 0.0542 e. The van der Waals surface area contributed by atoms with Gasteiger partial charge in [0.25, 0.3) is 0 Å². The molecule has 1 aromatic carbocycles. The van der Waals surface area contributed by atoms with Crippen LogP contribution in [-0.4, -0.2) is 43.7 Å². The molecule has 1 aliphatic heterocycles. The van der Waals surface area contributed by atoms with Gasteiger partial charge in [-0.1, -0.05) is 18.2 Å². The van der Waals surface area contributed by atoms with E-state index in [0.29, 0.717) is 18.6 Å². The molecule has 2 atom stereocenters. The van der Waals surface area contributed by atoms with E-state index in [4.69, 9.17) is 5.73 Å². The molecule has 0 aromatic heterocycles. The molecule has 1 saturated heterocycles. The van der Waals surface area contributed by atoms with Crippen molar-refractivity contribution in [3.8, 4) is 0 Å². The monoisotopic (exact) mass is 247 g/mol. The maximum atomic E-state index is 6.01. The predicted molar refractivity (Wildman–Crippen MR) is 78.1 cm³/mol. The molecule has 0 radical (unpaired) electrons. The molecular formula is C15H25N3. The largest absolute Gasteiger partial charge is 0.363 e. The maximum Gasteiger partial charge on any atom is 0.0542 e. The number of para-hydroxylation sites is 1. The Labute approximate surface area is 111 Å². The minimum Gasteiger partial charge on any atom is -0.363 e. The number of anilines is 1. The van der Waals surface area contributed by atoms with Crippen molar-refractivity contribution in [1.29, 1.82) is 0 Å². The standard InChI is InChI=1S/C15H25N3/c1-12-6-4-5-7-15(12)18-13(2)8-9-17(3)11-14(18)10-16/h4-7,13-14H,8-11,16H2,1-3H3. The minimum atomic E-state index is 0.411. The second-order valence-corrected chi connectivity index (χ2v) is 5.48. The highest BCUT2D eigenvalue weighted by Gasteiger charge is 2.28. The first-order valence-electron chi connectivity index (χ1n) is 6.86. The van der Waals surface area contributed by atoms with E-state index in [0.717, 1.165) is 13.1 Å². The number of benzene rings is 1. The highest BCUT2D eigenvalue weighted by molar-refractivity contribution is 5.55. The highest BCUT2D eigenvalue weighted by atomic mass is 15.3. The molecule has 1 fully saturated rings. The Bertz CT molecular complexity index is 391. The predicted octanol–water partition coefficient (Wildman–Crippen LogP) is 1.85. The molecule has 2 unspecified atom stereocenters. The van der Waals surface area contributed by atoms with Crippen LogP contribution in [-0.2, 0) is 0 Å². The molecule has 0 bridgehead atoms. The number of nitrogens with zero attached hydrogens (tertiary/aromatic N) is 2. The highest BCUT2D eigenvalue weighted by Crippen LogP contribution is 2.27. The summed E-state index contributed by atoms with van der Waals surface area (Å²) in [6.45, 7) is 7.41. The van der Waals surface area contributed by atoms with E-state index in [9.17, 15) is 0 Å². The molecule has 0 amide bonds. The van der Waals surface area contributed by atoms with Gasteiger partial charge >= 0.3 is 0 Å². The van der Waals surface area contributed by atoms with Gasteiger partial charge in [0, 0.05) is 24.8 Å². The Morgan fingerprint density at radius 1 is 1.33 bits per heavy atom. The van der Waals surface area contributed by atoms with Crippen LogP contribution < -0.4 is 10.6 Å². The van der Waals surface area contributed by atoms with Crippen LogP contribution in [0, 0.1) is 6.92 Å². The zero-order chi connectivity index (χ0) is 13.1. The van der Waals surface area contributed by atoms with Crippen LogP contribution in [0.2, 0.25) is 0 Å². The van der Waals surface area contributed by atoms with Gasteiger partial charge in [-0.05, 0) is 45.5 Å². The van der Waals surface area contributed by atoms with E-state index in [2.05, 4.69) is 55.0 Å². The maximum absolute atomic E-state index is 6.01. The van der Waals surface area contributed by atoms with Crippen LogP contribution in [0.25, 0.3) is 0 Å². The molecule has 100 valence electrons. The minimum absolute atomic E-state index is 0.411. The molecule has 2 N–H and O–H groups in total. The van der Waals surface area contributed by atoms with Crippen LogP contribution in [0.15, 0.2) is 24.3 Å². The molecule has 3 nitrogen and oxygen atoms in total. The lowest BCUT2D eigenvalue weighted by molar-refractivity contribution is 0.332. The lowest BCUT2D eigenvalue weighted by Gasteiger charge is -2.37. The van der Waals surface area contributed by atoms with Crippen molar-refractivity contribution in [2.45, 2.75) is 32.4 Å². The van der Waals surface area contributed by atoms with Crippen LogP contribution in [0.1, 0.15) is 18.9 Å². The van der Waals surface area contributed by atoms with Crippen LogP contribution in [0.3, 0.4) is 0 Å². The summed E-state index contributed by atoms with van der Waals surface area (Å²) in [6, 6.07) is 9.59. The van der Waals surface area contributed by atoms with E-state index >= 15 is 0 Å². The van der Waals surface area contributed by atoms with E-state index < -0.39 is 0 Å². The number of likely N-dealkylation sites (N-methyl/N-ethyl adjacent to an activating group) is 1. The summed E-state index contributed by atoms with van der Waals surface area (Å²) >= 11 is 0. The molecule has 1 aliphatic rings. The van der Waals surface area contributed by atoms with Gasteiger partial charge in [-0.2, -0.15) is 0 Å². The molecule has 0 aliphatic carbocycles. The zero-order valence-corrected chi connectivity index (χ0v) is 11.8. The molecule has 2 rings (SSSR count). The van der Waals surface area contributed by atoms with Crippen LogP contribution in [0.5, 0.6) is 0 Å². The Balaban J connectivity index is 2.34. The summed E-state index contributed by atoms with van der Waals surface area (Å²) in [5.74, 6) is 0. The fraction of sp³-hybridized carbons (Fsp3) is 0.600. The fourth-order valence-corrected chi connectivity index (χ4v) is 2.92. The molecular weight excluding hydrogens is 222 g/mol. The van der Waals surface area contributed by atoms with E-state index in [-0.39, 0.29) is 0 Å². The number of aryl methyl sites for hydroxylation is 1. The molecule has 1 aromatic rings. The van der Waals surface area contributed by atoms with Crippen molar-refractivity contribution < 1.29 is 0 Å². The summed E-state index contributed by atoms with van der Waals surface area (Å²) in [6.07, 6.45) is 1.20. The van der Waals surface area contributed by atoms with E-state index in [1.165, 1.54) is 17.7 Å². The fourth-order valence-electron chi connectivity index (χ4n) is 2.92. The summed E-state index contributed by atoms with van der Waals surface area (Å²) < 4.78 is 0. The number of nitrogens with two attached hydrogens (primary N) is 1. The first-order chi connectivity index (χ1) is 8.63. The summed E-state index contributed by atoms with van der Waals surface area (Å²) in [5, 5.41) is 0. The molecule has 0 spiro atoms. The third kappa shape index (κ3) is 2.68. The van der Waals surface area contributed by atoms with Gasteiger partial charge in [0.15, 0.2) is 0 Å². The Hall–Kier alpha value is -1.06. The van der Waals surface area contributed by atoms with Crippen LogP contribution >= 0.6 is 0 Å². The lowest BCUT2D eigenvalue weighted by atomic mass is 10.1. The van der Waals surface area contributed by atoms with Crippen molar-refractivity contribution in [3.05, 3.63) is 29.8 Å². The summed E-state index contributed by atoms with van der Waals surface area (Å²) in [5.41, 5.74) is 8.69. The topological polar surface area (TPSA) is 32.5 Å². The Morgan fingerprint density at radius 3 is 2.72 bits per heavy atom. The molecule has 18 heavy (non-hydrogen) atoms. The molecule has 0 saturated carbocycles. The van der Waals surface area contributed by atoms with Gasteiger partial charge in [0.05, 0.1) is 6.04 Å². The van der Waals surface area contributed by atoms with E-state index in [1.54, 1.807) is 0 Å². The van der Waals surface area contributed by atoms with Gasteiger partial charge in [0.1, 0.15) is 0 Å². The van der Waals surface area contributed by atoms with Crippen molar-refractivity contribution in [1.82, 2.24) is 4.90 Å². The number of rotatable bonds is 2. The summed E-state index contributed by atoms with van der Waals surface area (Å²) in [4.78, 5) is 4.92. The van der Waals surface area contributed by atoms with Gasteiger partial charge in [-0.15, -0.1) is 0 Å². The van der Waals surface area contributed by atoms with E-state index in [1.807, 2.05) is 0 Å². The lowest BCUT2D eigenvalue weighted by Crippen LogP contribution is -2.48. The molecule has 3 heteroatoms. The van der Waals surface area contributed by atoms with Gasteiger partial charge in [0.2, 0.25) is 0 Å². The first-order valence-corrected chi connectivity index (χ1v) is 6.86. The van der Waals surface area contributed by atoms with Gasteiger partial charge in [-0.3, -0.25) is 0 Å². The SMILES string of the molecule is Cc1ccccc1N1C(C)CCN(C)CC1CN. The van der Waals surface area contributed by atoms with Crippen molar-refractivity contribution in [2.75, 3.05) is 31.6 Å². The van der Waals surface area contributed by atoms with Crippen LogP contribution in [0.4, 0.5) is 5.69 Å². The number of hydrogen-bond donors (Lipinski definition) is 1. The van der Waals surface area contributed by atoms with Crippen molar-refractivity contribution >= 4 is 5.69 Å². The third-order valence-electron chi connectivity index (χ3n) is 3.98. The van der Waals surface area contributed by atoms with Gasteiger partial charge < -0.3 is 15.5 Å². The second kappa shape index (κ2) is 5.72. The third-order valence-corrected chi connectivity index (χ3v) is 3.98. The normalized spacial score (nSPS) is 26.1. The summed E-state index contributed by atoms with van der Waals surface area (Å²) in [7, 11) is 2.19. The Kier molecular flexibility index (Phi) is 4.25. The average Bonchev–Trinajstić information content (AvgIpc) is 2.50. The first kappa shape index (κ1) is 13.4. The zero-order valence-electron chi connectivity index (χ0n) is 11.8. The van der Waals surface area contributed by atoms with Crippen molar-refractivity contribution in [3.63, 3.8) is 0 Å². The van der Waals surface area contributed by atoms with Gasteiger partial charge in [-0.25, -0.2) is 0 Å². The number of hydrogen-bond acceptors (Lipinski definition) is 3. The quantitative estimate of drug-likeness (QED) is 0.866. The Morgan fingerprint density at radius 2 is 2.06 bits per heavy atom.